The monoisotopic (exact) mass is 451 g/mol. The highest BCUT2D eigenvalue weighted by Gasteiger charge is 1.97. The zero-order valence-electron chi connectivity index (χ0n) is 14.6. The molecule has 0 aliphatic carbocycles. The highest BCUT2D eigenvalue weighted by molar-refractivity contribution is 14.0. The van der Waals surface area contributed by atoms with Gasteiger partial charge in [0.2, 0.25) is 0 Å². The van der Waals surface area contributed by atoms with Crippen molar-refractivity contribution >= 4 is 29.9 Å². The molecule has 0 bridgehead atoms. The van der Waals surface area contributed by atoms with Gasteiger partial charge in [-0.2, -0.15) is 0 Å². The van der Waals surface area contributed by atoms with Gasteiger partial charge in [0, 0.05) is 33.2 Å². The normalized spacial score (nSPS) is 10.8. The second kappa shape index (κ2) is 16.8. The fraction of sp³-hybridized carbons (Fsp3) is 0.588. The van der Waals surface area contributed by atoms with Crippen LogP contribution in [0.25, 0.3) is 0 Å². The summed E-state index contributed by atoms with van der Waals surface area (Å²) in [5.41, 5.74) is 0. The summed E-state index contributed by atoms with van der Waals surface area (Å²) in [5, 5.41) is 6.45. The molecule has 0 amide bonds. The quantitative estimate of drug-likeness (QED) is 0.221. The molecule has 0 fully saturated rings. The van der Waals surface area contributed by atoms with Crippen LogP contribution in [0.15, 0.2) is 35.3 Å². The smallest absolute Gasteiger partial charge is 0.191 e. The fourth-order valence-corrected chi connectivity index (χ4v) is 1.79. The summed E-state index contributed by atoms with van der Waals surface area (Å²) in [4.78, 5) is 4.51. The summed E-state index contributed by atoms with van der Waals surface area (Å²) in [6, 6.07) is 9.83. The molecule has 0 spiro atoms. The van der Waals surface area contributed by atoms with Gasteiger partial charge in [-0.1, -0.05) is 18.2 Å². The van der Waals surface area contributed by atoms with Crippen LogP contribution in [-0.4, -0.2) is 59.1 Å². The van der Waals surface area contributed by atoms with Gasteiger partial charge in [0.1, 0.15) is 5.75 Å². The van der Waals surface area contributed by atoms with Crippen LogP contribution in [0.1, 0.15) is 13.3 Å². The minimum Gasteiger partial charge on any atom is -0.494 e. The lowest BCUT2D eigenvalue weighted by Gasteiger charge is -2.11. The third-order valence-electron chi connectivity index (χ3n) is 2.90. The number of nitrogens with zero attached hydrogens (tertiary/aromatic N) is 1. The first kappa shape index (κ1) is 22.9. The number of benzene rings is 1. The van der Waals surface area contributed by atoms with E-state index in [-0.39, 0.29) is 24.0 Å². The van der Waals surface area contributed by atoms with Crippen molar-refractivity contribution < 1.29 is 14.2 Å². The second-order valence-electron chi connectivity index (χ2n) is 4.81. The molecule has 1 aromatic rings. The van der Waals surface area contributed by atoms with Crippen molar-refractivity contribution in [3.63, 3.8) is 0 Å². The Kier molecular flexibility index (Phi) is 16.0. The molecule has 0 aromatic heterocycles. The van der Waals surface area contributed by atoms with E-state index in [9.17, 15) is 0 Å². The van der Waals surface area contributed by atoms with Crippen molar-refractivity contribution in [3.8, 4) is 5.75 Å². The Morgan fingerprint density at radius 3 is 2.54 bits per heavy atom. The molecule has 0 saturated heterocycles. The van der Waals surface area contributed by atoms with Gasteiger partial charge in [-0.3, -0.25) is 4.99 Å². The maximum Gasteiger partial charge on any atom is 0.191 e. The second-order valence-corrected chi connectivity index (χ2v) is 4.81. The molecule has 0 aliphatic heterocycles. The maximum absolute atomic E-state index is 5.64. The number of guanidine groups is 1. The first-order chi connectivity index (χ1) is 11.4. The van der Waals surface area contributed by atoms with Crippen LogP contribution >= 0.6 is 24.0 Å². The van der Waals surface area contributed by atoms with Crippen LogP contribution < -0.4 is 15.4 Å². The van der Waals surface area contributed by atoms with Gasteiger partial charge >= 0.3 is 0 Å². The maximum atomic E-state index is 5.64. The molecule has 0 radical (unpaired) electrons. The Balaban J connectivity index is 0.00000529. The molecule has 1 rings (SSSR count). The highest BCUT2D eigenvalue weighted by atomic mass is 127. The van der Waals surface area contributed by atoms with E-state index in [4.69, 9.17) is 14.2 Å². The van der Waals surface area contributed by atoms with E-state index >= 15 is 0 Å². The first-order valence-electron chi connectivity index (χ1n) is 8.13. The highest BCUT2D eigenvalue weighted by Crippen LogP contribution is 2.08. The molecular formula is C17H30IN3O3. The van der Waals surface area contributed by atoms with Crippen LogP contribution in [0, 0.1) is 0 Å². The summed E-state index contributed by atoms with van der Waals surface area (Å²) in [5.74, 6) is 1.71. The SMILES string of the molecule is CCNC(=NCCCOc1ccccc1)NCCOCCOC.I. The van der Waals surface area contributed by atoms with E-state index in [2.05, 4.69) is 15.6 Å². The minimum atomic E-state index is 0. The van der Waals surface area contributed by atoms with Gasteiger partial charge in [-0.05, 0) is 19.1 Å². The van der Waals surface area contributed by atoms with Gasteiger partial charge in [-0.15, -0.1) is 24.0 Å². The molecule has 0 heterocycles. The fourth-order valence-electron chi connectivity index (χ4n) is 1.79. The number of nitrogens with one attached hydrogen (secondary N) is 2. The molecular weight excluding hydrogens is 421 g/mol. The van der Waals surface area contributed by atoms with Gasteiger partial charge in [-0.25, -0.2) is 0 Å². The summed E-state index contributed by atoms with van der Waals surface area (Å²) >= 11 is 0. The predicted octanol–water partition coefficient (Wildman–Crippen LogP) is 2.29. The Morgan fingerprint density at radius 1 is 1.04 bits per heavy atom. The molecule has 24 heavy (non-hydrogen) atoms. The Bertz CT molecular complexity index is 419. The van der Waals surface area contributed by atoms with Crippen LogP contribution in [0.4, 0.5) is 0 Å². The lowest BCUT2D eigenvalue weighted by molar-refractivity contribution is 0.0733. The number of methoxy groups -OCH3 is 1. The van der Waals surface area contributed by atoms with E-state index < -0.39 is 0 Å². The molecule has 1 aromatic carbocycles. The third-order valence-corrected chi connectivity index (χ3v) is 2.90. The molecule has 0 aliphatic rings. The molecule has 0 saturated carbocycles. The number of hydrogen-bond donors (Lipinski definition) is 2. The number of ether oxygens (including phenoxy) is 3. The van der Waals surface area contributed by atoms with E-state index in [0.717, 1.165) is 31.2 Å². The lowest BCUT2D eigenvalue weighted by atomic mass is 10.3. The summed E-state index contributed by atoms with van der Waals surface area (Å²) in [7, 11) is 1.67. The van der Waals surface area contributed by atoms with Crippen LogP contribution in [0.3, 0.4) is 0 Å². The molecule has 7 heteroatoms. The molecule has 0 atom stereocenters. The van der Waals surface area contributed by atoms with Crippen molar-refractivity contribution in [1.82, 2.24) is 10.6 Å². The van der Waals surface area contributed by atoms with Crippen molar-refractivity contribution in [2.24, 2.45) is 4.99 Å². The zero-order valence-corrected chi connectivity index (χ0v) is 17.0. The van der Waals surface area contributed by atoms with Crippen LogP contribution in [0.5, 0.6) is 5.75 Å². The van der Waals surface area contributed by atoms with Crippen molar-refractivity contribution in [3.05, 3.63) is 30.3 Å². The topological polar surface area (TPSA) is 64.1 Å². The average molecular weight is 451 g/mol. The molecule has 2 N–H and O–H groups in total. The zero-order chi connectivity index (χ0) is 16.6. The van der Waals surface area contributed by atoms with Crippen molar-refractivity contribution in [2.45, 2.75) is 13.3 Å². The summed E-state index contributed by atoms with van der Waals surface area (Å²) in [6.45, 7) is 6.83. The van der Waals surface area contributed by atoms with Gasteiger partial charge in [0.15, 0.2) is 5.96 Å². The van der Waals surface area contributed by atoms with Gasteiger partial charge in [0.05, 0.1) is 26.4 Å². The summed E-state index contributed by atoms with van der Waals surface area (Å²) in [6.07, 6.45) is 0.871. The molecule has 6 nitrogen and oxygen atoms in total. The number of para-hydroxylation sites is 1. The van der Waals surface area contributed by atoms with Crippen LogP contribution in [-0.2, 0) is 9.47 Å². The Morgan fingerprint density at radius 2 is 1.83 bits per heavy atom. The number of rotatable bonds is 12. The van der Waals surface area contributed by atoms with Gasteiger partial charge in [0.25, 0.3) is 0 Å². The predicted molar refractivity (Wildman–Crippen MR) is 109 cm³/mol. The van der Waals surface area contributed by atoms with E-state index in [0.29, 0.717) is 33.0 Å². The Labute approximate surface area is 162 Å². The lowest BCUT2D eigenvalue weighted by Crippen LogP contribution is -2.39. The largest absolute Gasteiger partial charge is 0.494 e. The number of halogens is 1. The van der Waals surface area contributed by atoms with Crippen molar-refractivity contribution in [2.75, 3.05) is 53.2 Å². The Hall–Kier alpha value is -1.06. The first-order valence-corrected chi connectivity index (χ1v) is 8.13. The standard InChI is InChI=1S/C17H29N3O3.HI/c1-3-18-17(20-11-13-22-15-14-21-2)19-10-7-12-23-16-8-5-4-6-9-16;/h4-6,8-9H,3,7,10-15H2,1-2H3,(H2,18,19,20);1H. The summed E-state index contributed by atoms with van der Waals surface area (Å²) < 4.78 is 16.0. The number of aliphatic imine (C=N–C) groups is 1. The number of hydrogen-bond acceptors (Lipinski definition) is 4. The third kappa shape index (κ3) is 12.4. The van der Waals surface area contributed by atoms with Gasteiger partial charge < -0.3 is 24.8 Å². The van der Waals surface area contributed by atoms with E-state index in [1.165, 1.54) is 0 Å². The van der Waals surface area contributed by atoms with E-state index in [1.54, 1.807) is 7.11 Å². The van der Waals surface area contributed by atoms with E-state index in [1.807, 2.05) is 37.3 Å². The molecule has 0 unspecified atom stereocenters. The average Bonchev–Trinajstić information content (AvgIpc) is 2.58. The van der Waals surface area contributed by atoms with Crippen molar-refractivity contribution in [1.29, 1.82) is 0 Å². The minimum absolute atomic E-state index is 0. The van der Waals surface area contributed by atoms with Crippen LogP contribution in [0.2, 0.25) is 0 Å². The molecule has 138 valence electrons.